The average molecular weight is 292 g/mol. The number of aryl methyl sites for hydroxylation is 2. The number of aliphatic hydroxyl groups is 1. The Morgan fingerprint density at radius 1 is 1.05 bits per heavy atom. The zero-order chi connectivity index (χ0) is 16.2. The Morgan fingerprint density at radius 2 is 1.73 bits per heavy atom. The summed E-state index contributed by atoms with van der Waals surface area (Å²) in [6.45, 7) is 9.92. The summed E-state index contributed by atoms with van der Waals surface area (Å²) in [5.74, 6) is -0.391. The fraction of sp³-hybridized carbons (Fsp3) is 0.250. The standard InChI is InChI=1S/C20H20O2/c1-10(2)8-14-9-12(4)15-7-6-11(3)16-18(15)17(14)13(5)19(21)20(16)22/h6-9,21H,1-5H3. The highest BCUT2D eigenvalue weighted by Crippen LogP contribution is 2.41. The highest BCUT2D eigenvalue weighted by molar-refractivity contribution is 6.25. The molecular weight excluding hydrogens is 272 g/mol. The first kappa shape index (κ1) is 14.6. The van der Waals surface area contributed by atoms with Crippen LogP contribution in [-0.4, -0.2) is 10.9 Å². The van der Waals surface area contributed by atoms with Crippen LogP contribution in [0.15, 0.2) is 29.5 Å². The lowest BCUT2D eigenvalue weighted by molar-refractivity contribution is 0.0979. The molecule has 1 aliphatic carbocycles. The van der Waals surface area contributed by atoms with Gasteiger partial charge in [0, 0.05) is 16.5 Å². The van der Waals surface area contributed by atoms with E-state index in [1.807, 2.05) is 19.9 Å². The maximum Gasteiger partial charge on any atom is 0.228 e. The summed E-state index contributed by atoms with van der Waals surface area (Å²) in [6, 6.07) is 6.17. The van der Waals surface area contributed by atoms with Crippen molar-refractivity contribution in [3.63, 3.8) is 0 Å². The number of Topliss-reactive ketones (excluding diaryl/α,β-unsaturated/α-hetero) is 1. The molecule has 0 atom stereocenters. The van der Waals surface area contributed by atoms with E-state index in [0.717, 1.165) is 33.0 Å². The van der Waals surface area contributed by atoms with Crippen molar-refractivity contribution in [2.75, 3.05) is 0 Å². The van der Waals surface area contributed by atoms with Crippen LogP contribution in [0.1, 0.15) is 53.4 Å². The molecule has 0 aliphatic heterocycles. The van der Waals surface area contributed by atoms with E-state index < -0.39 is 0 Å². The van der Waals surface area contributed by atoms with Crippen LogP contribution in [0.2, 0.25) is 0 Å². The molecule has 0 heterocycles. The number of rotatable bonds is 1. The van der Waals surface area contributed by atoms with Crippen molar-refractivity contribution in [2.24, 2.45) is 0 Å². The van der Waals surface area contributed by atoms with Gasteiger partial charge in [-0.05, 0) is 62.3 Å². The maximum absolute atomic E-state index is 12.6. The maximum atomic E-state index is 12.6. The molecule has 3 rings (SSSR count). The number of ketones is 1. The van der Waals surface area contributed by atoms with Crippen molar-refractivity contribution in [3.8, 4) is 0 Å². The van der Waals surface area contributed by atoms with Gasteiger partial charge >= 0.3 is 0 Å². The lowest BCUT2D eigenvalue weighted by Crippen LogP contribution is -2.14. The first-order valence-corrected chi connectivity index (χ1v) is 7.49. The summed E-state index contributed by atoms with van der Waals surface area (Å²) in [4.78, 5) is 12.6. The van der Waals surface area contributed by atoms with E-state index in [2.05, 4.69) is 39.0 Å². The number of aliphatic hydroxyl groups excluding tert-OH is 1. The fourth-order valence-corrected chi connectivity index (χ4v) is 3.35. The first-order valence-electron chi connectivity index (χ1n) is 7.49. The van der Waals surface area contributed by atoms with E-state index >= 15 is 0 Å². The molecule has 0 saturated heterocycles. The summed E-state index contributed by atoms with van der Waals surface area (Å²) in [7, 11) is 0. The monoisotopic (exact) mass is 292 g/mol. The highest BCUT2D eigenvalue weighted by Gasteiger charge is 2.28. The van der Waals surface area contributed by atoms with Gasteiger partial charge in [-0.1, -0.05) is 29.8 Å². The van der Waals surface area contributed by atoms with Crippen LogP contribution >= 0.6 is 0 Å². The van der Waals surface area contributed by atoms with Gasteiger partial charge in [-0.25, -0.2) is 0 Å². The van der Waals surface area contributed by atoms with E-state index in [4.69, 9.17) is 0 Å². The van der Waals surface area contributed by atoms with E-state index in [-0.39, 0.29) is 11.5 Å². The second-order valence-electron chi connectivity index (χ2n) is 6.36. The minimum absolute atomic E-state index is 0.129. The average Bonchev–Trinajstić information content (AvgIpc) is 2.43. The third-order valence-electron chi connectivity index (χ3n) is 4.37. The second kappa shape index (κ2) is 4.84. The Morgan fingerprint density at radius 3 is 2.36 bits per heavy atom. The molecule has 0 spiro atoms. The van der Waals surface area contributed by atoms with Crippen LogP contribution in [0, 0.1) is 13.8 Å². The van der Waals surface area contributed by atoms with Crippen molar-refractivity contribution in [1.82, 2.24) is 0 Å². The van der Waals surface area contributed by atoms with Crippen molar-refractivity contribution >= 4 is 28.2 Å². The number of carbonyl (C=O) groups excluding carboxylic acids is 1. The number of benzene rings is 2. The zero-order valence-corrected chi connectivity index (χ0v) is 13.7. The smallest absolute Gasteiger partial charge is 0.228 e. The molecule has 22 heavy (non-hydrogen) atoms. The molecule has 2 nitrogen and oxygen atoms in total. The quantitative estimate of drug-likeness (QED) is 0.767. The molecule has 0 amide bonds. The minimum atomic E-state index is -0.262. The van der Waals surface area contributed by atoms with Gasteiger partial charge in [0.15, 0.2) is 5.76 Å². The van der Waals surface area contributed by atoms with Crippen LogP contribution in [0.3, 0.4) is 0 Å². The van der Waals surface area contributed by atoms with Crippen LogP contribution in [-0.2, 0) is 0 Å². The van der Waals surface area contributed by atoms with E-state index in [9.17, 15) is 9.90 Å². The molecule has 1 N–H and O–H groups in total. The molecule has 0 radical (unpaired) electrons. The lowest BCUT2D eigenvalue weighted by atomic mass is 9.80. The largest absolute Gasteiger partial charge is 0.504 e. The molecular formula is C20H20O2. The van der Waals surface area contributed by atoms with Gasteiger partial charge in [0.2, 0.25) is 5.78 Å². The molecule has 1 aliphatic rings. The summed E-state index contributed by atoms with van der Waals surface area (Å²) in [5, 5.41) is 12.4. The minimum Gasteiger partial charge on any atom is -0.504 e. The molecule has 0 aromatic heterocycles. The third kappa shape index (κ3) is 1.91. The van der Waals surface area contributed by atoms with Gasteiger partial charge in [0.05, 0.1) is 0 Å². The van der Waals surface area contributed by atoms with Crippen LogP contribution in [0.5, 0.6) is 0 Å². The van der Waals surface area contributed by atoms with Crippen LogP contribution in [0.4, 0.5) is 0 Å². The predicted octanol–water partition coefficient (Wildman–Crippen LogP) is 5.37. The van der Waals surface area contributed by atoms with E-state index in [1.165, 1.54) is 5.57 Å². The number of allylic oxidation sites excluding steroid dienone is 3. The van der Waals surface area contributed by atoms with Gasteiger partial charge in [-0.2, -0.15) is 0 Å². The molecule has 0 bridgehead atoms. The Labute approximate surface area is 130 Å². The van der Waals surface area contributed by atoms with Gasteiger partial charge in [0.1, 0.15) is 0 Å². The lowest BCUT2D eigenvalue weighted by Gasteiger charge is -2.23. The third-order valence-corrected chi connectivity index (χ3v) is 4.37. The Bertz CT molecular complexity index is 892. The van der Waals surface area contributed by atoms with Crippen molar-refractivity contribution in [3.05, 3.63) is 57.3 Å². The SMILES string of the molecule is CC(C)=Cc1cc(C)c2ccc(C)c3c2c1C(C)=C(O)C3=O. The Balaban J connectivity index is 2.61. The number of hydrogen-bond donors (Lipinski definition) is 1. The molecule has 2 heteroatoms. The number of carbonyl (C=O) groups is 1. The molecule has 2 aromatic carbocycles. The summed E-state index contributed by atoms with van der Waals surface area (Å²) < 4.78 is 0. The normalized spacial score (nSPS) is 13.8. The van der Waals surface area contributed by atoms with E-state index in [1.54, 1.807) is 0 Å². The fourth-order valence-electron chi connectivity index (χ4n) is 3.35. The summed E-state index contributed by atoms with van der Waals surface area (Å²) in [5.41, 5.74) is 6.60. The topological polar surface area (TPSA) is 37.3 Å². The Kier molecular flexibility index (Phi) is 3.21. The summed E-state index contributed by atoms with van der Waals surface area (Å²) >= 11 is 0. The van der Waals surface area contributed by atoms with Gasteiger partial charge in [0.25, 0.3) is 0 Å². The second-order valence-corrected chi connectivity index (χ2v) is 6.36. The highest BCUT2D eigenvalue weighted by atomic mass is 16.3. The van der Waals surface area contributed by atoms with Crippen molar-refractivity contribution in [1.29, 1.82) is 0 Å². The number of hydrogen-bond acceptors (Lipinski definition) is 2. The predicted molar refractivity (Wildman–Crippen MR) is 92.3 cm³/mol. The van der Waals surface area contributed by atoms with Gasteiger partial charge < -0.3 is 5.11 Å². The molecule has 112 valence electrons. The molecule has 0 fully saturated rings. The molecule has 0 unspecified atom stereocenters. The van der Waals surface area contributed by atoms with Crippen LogP contribution < -0.4 is 0 Å². The van der Waals surface area contributed by atoms with Crippen LogP contribution in [0.25, 0.3) is 22.4 Å². The van der Waals surface area contributed by atoms with Gasteiger partial charge in [-0.15, -0.1) is 0 Å². The summed E-state index contributed by atoms with van der Waals surface area (Å²) in [6.07, 6.45) is 2.11. The zero-order valence-electron chi connectivity index (χ0n) is 13.7. The first-order chi connectivity index (χ1) is 10.3. The Hall–Kier alpha value is -2.35. The molecule has 2 aromatic rings. The van der Waals surface area contributed by atoms with E-state index in [0.29, 0.717) is 11.1 Å². The van der Waals surface area contributed by atoms with Crippen molar-refractivity contribution < 1.29 is 9.90 Å². The molecule has 0 saturated carbocycles. The van der Waals surface area contributed by atoms with Gasteiger partial charge in [-0.3, -0.25) is 4.79 Å². The van der Waals surface area contributed by atoms with Crippen molar-refractivity contribution in [2.45, 2.75) is 34.6 Å².